The molecule has 1 saturated heterocycles. The summed E-state index contributed by atoms with van der Waals surface area (Å²) in [6, 6.07) is 0. The third-order valence-corrected chi connectivity index (χ3v) is 11.9. The van der Waals surface area contributed by atoms with Crippen LogP contribution in [0.15, 0.2) is 12.2 Å². The van der Waals surface area contributed by atoms with Crippen LogP contribution in [0.25, 0.3) is 0 Å². The average molecular weight is 649 g/mol. The van der Waals surface area contributed by atoms with Crippen LogP contribution in [0, 0.1) is 68.0 Å². The average Bonchev–Trinajstić information content (AvgIpc) is 3.54. The Kier molecular flexibility index (Phi) is 12.4. The van der Waals surface area contributed by atoms with Crippen molar-refractivity contribution < 1.29 is 19.7 Å². The molecule has 0 radical (unpaired) electrons. The van der Waals surface area contributed by atoms with E-state index in [1.807, 2.05) is 13.8 Å². The first-order valence-electron chi connectivity index (χ1n) is 18.6. The van der Waals surface area contributed by atoms with E-state index >= 15 is 0 Å². The van der Waals surface area contributed by atoms with Crippen LogP contribution in [0.3, 0.4) is 0 Å². The Hall–Kier alpha value is -0.420. The number of hydrogen-bond acceptors (Lipinski definition) is 4. The van der Waals surface area contributed by atoms with Crippen LogP contribution in [-0.2, 0) is 9.47 Å². The van der Waals surface area contributed by atoms with Crippen LogP contribution < -0.4 is 0 Å². The van der Waals surface area contributed by atoms with E-state index in [4.69, 9.17) is 9.47 Å². The third-order valence-electron chi connectivity index (χ3n) is 11.9. The quantitative estimate of drug-likeness (QED) is 0.257. The van der Waals surface area contributed by atoms with E-state index in [1.165, 1.54) is 12.8 Å². The van der Waals surface area contributed by atoms with E-state index < -0.39 is 18.0 Å². The van der Waals surface area contributed by atoms with E-state index in [-0.39, 0.29) is 45.7 Å². The first-order valence-corrected chi connectivity index (χ1v) is 18.6. The molecule has 46 heavy (non-hydrogen) atoms. The van der Waals surface area contributed by atoms with E-state index in [9.17, 15) is 10.2 Å². The molecule has 0 bridgehead atoms. The van der Waals surface area contributed by atoms with Crippen molar-refractivity contribution >= 4 is 0 Å². The lowest BCUT2D eigenvalue weighted by Crippen LogP contribution is -2.36. The van der Waals surface area contributed by atoms with Gasteiger partial charge in [0, 0.05) is 0 Å². The molecule has 4 aliphatic rings. The topological polar surface area (TPSA) is 58.9 Å². The normalized spacial score (nSPS) is 36.6. The van der Waals surface area contributed by atoms with Crippen molar-refractivity contribution in [2.24, 2.45) is 68.0 Å². The summed E-state index contributed by atoms with van der Waals surface area (Å²) in [6.45, 7) is 44.9. The monoisotopic (exact) mass is 649 g/mol. The van der Waals surface area contributed by atoms with Crippen molar-refractivity contribution in [2.75, 3.05) is 0 Å². The molecule has 4 rings (SSSR count). The minimum Gasteiger partial charge on any atom is -0.390 e. The molecule has 3 fully saturated rings. The highest BCUT2D eigenvalue weighted by Gasteiger charge is 2.58. The number of rotatable bonds is 0. The van der Waals surface area contributed by atoms with Gasteiger partial charge in [0.25, 0.3) is 0 Å². The highest BCUT2D eigenvalue weighted by molar-refractivity contribution is 5.08. The van der Waals surface area contributed by atoms with Crippen LogP contribution in [0.5, 0.6) is 0 Å². The molecule has 10 atom stereocenters. The number of aliphatic hydroxyl groups excluding tert-OH is 2. The molecule has 272 valence electrons. The fraction of sp³-hybridized carbons (Fsp3) is 0.952. The van der Waals surface area contributed by atoms with Gasteiger partial charge in [0.1, 0.15) is 0 Å². The summed E-state index contributed by atoms with van der Waals surface area (Å²) in [5.74, 6) is 2.73. The summed E-state index contributed by atoms with van der Waals surface area (Å²) in [7, 11) is 0. The Labute approximate surface area is 287 Å². The Morgan fingerprint density at radius 3 is 0.891 bits per heavy atom. The fourth-order valence-electron chi connectivity index (χ4n) is 8.42. The molecule has 1 aliphatic heterocycles. The molecule has 4 nitrogen and oxygen atoms in total. The fourth-order valence-corrected chi connectivity index (χ4v) is 8.42. The highest BCUT2D eigenvalue weighted by atomic mass is 16.8. The number of ether oxygens (including phenoxy) is 2. The van der Waals surface area contributed by atoms with Gasteiger partial charge in [0.2, 0.25) is 0 Å². The molecule has 0 aromatic carbocycles. The summed E-state index contributed by atoms with van der Waals surface area (Å²) in [5, 5.41) is 20.2. The van der Waals surface area contributed by atoms with Gasteiger partial charge >= 0.3 is 0 Å². The summed E-state index contributed by atoms with van der Waals surface area (Å²) >= 11 is 0. The molecule has 0 aromatic rings. The maximum Gasteiger partial charge on any atom is 0.163 e. The van der Waals surface area contributed by atoms with Crippen molar-refractivity contribution in [3.8, 4) is 0 Å². The number of fused-ring (bicyclic) bond motifs is 1. The third kappa shape index (κ3) is 10.5. The summed E-state index contributed by atoms with van der Waals surface area (Å²) in [5.41, 5.74) is 1.59. The van der Waals surface area contributed by atoms with Gasteiger partial charge in [-0.2, -0.15) is 0 Å². The van der Waals surface area contributed by atoms with Gasteiger partial charge in [-0.3, -0.25) is 0 Å². The van der Waals surface area contributed by atoms with Gasteiger partial charge < -0.3 is 19.7 Å². The van der Waals surface area contributed by atoms with Crippen LogP contribution in [0.4, 0.5) is 0 Å². The van der Waals surface area contributed by atoms with E-state index in [1.54, 1.807) is 0 Å². The van der Waals surface area contributed by atoms with Crippen molar-refractivity contribution in [1.29, 1.82) is 0 Å². The van der Waals surface area contributed by atoms with Crippen LogP contribution >= 0.6 is 0 Å². The predicted molar refractivity (Wildman–Crippen MR) is 196 cm³/mol. The molecule has 10 unspecified atom stereocenters. The van der Waals surface area contributed by atoms with E-state index in [0.717, 1.165) is 18.3 Å². The zero-order valence-corrected chi connectivity index (χ0v) is 34.3. The summed E-state index contributed by atoms with van der Waals surface area (Å²) in [4.78, 5) is 0. The van der Waals surface area contributed by atoms with Crippen molar-refractivity contribution in [2.45, 2.75) is 188 Å². The second-order valence-corrected chi connectivity index (χ2v) is 22.5. The van der Waals surface area contributed by atoms with Crippen LogP contribution in [-0.4, -0.2) is 40.4 Å². The first kappa shape index (κ1) is 41.7. The zero-order chi connectivity index (χ0) is 36.2. The Balaban J connectivity index is 0.000000244. The van der Waals surface area contributed by atoms with Crippen molar-refractivity contribution in [3.63, 3.8) is 0 Å². The minimum absolute atomic E-state index is 0.0698. The van der Waals surface area contributed by atoms with E-state index in [2.05, 4.69) is 137 Å². The summed E-state index contributed by atoms with van der Waals surface area (Å²) < 4.78 is 12.4. The van der Waals surface area contributed by atoms with Crippen LogP contribution in [0.2, 0.25) is 0 Å². The van der Waals surface area contributed by atoms with Gasteiger partial charge in [-0.25, -0.2) is 0 Å². The van der Waals surface area contributed by atoms with Gasteiger partial charge in [-0.1, -0.05) is 137 Å². The second kappa shape index (κ2) is 13.7. The van der Waals surface area contributed by atoms with Gasteiger partial charge in [-0.15, -0.1) is 0 Å². The standard InChI is InChI=1S/C16H30O2.C13H26O2.C13H24/c1-14(2,3)10-9-11(15(4,5)6)13-12(10)17-16(7,8)18-13;1-12(2,3)8-7-9(13(4,5)6)11(15)10(8)14;1-12(2,3)10-7-8-11(9-10)13(4,5)6/h10-13H,9H2,1-8H3;8-11,14-15H,7H2,1-6H3;7-8,10-11H,9H2,1-6H3. The molecule has 0 amide bonds. The Morgan fingerprint density at radius 1 is 0.435 bits per heavy atom. The molecule has 4 heteroatoms. The van der Waals surface area contributed by atoms with E-state index in [0.29, 0.717) is 22.7 Å². The first-order chi connectivity index (χ1) is 20.2. The molecular weight excluding hydrogens is 568 g/mol. The lowest BCUT2D eigenvalue weighted by atomic mass is 9.74. The molecule has 0 spiro atoms. The number of hydrogen-bond donors (Lipinski definition) is 2. The van der Waals surface area contributed by atoms with Gasteiger partial charge in [0.05, 0.1) is 24.4 Å². The highest BCUT2D eigenvalue weighted by Crippen LogP contribution is 2.55. The molecule has 2 N–H and O–H groups in total. The van der Waals surface area contributed by atoms with Gasteiger partial charge in [0.15, 0.2) is 5.79 Å². The lowest BCUT2D eigenvalue weighted by Gasteiger charge is -2.34. The van der Waals surface area contributed by atoms with Gasteiger partial charge in [-0.05, 0) is 101 Å². The predicted octanol–water partition coefficient (Wildman–Crippen LogP) is 10.9. The lowest BCUT2D eigenvalue weighted by molar-refractivity contribution is -0.169. The zero-order valence-electron chi connectivity index (χ0n) is 34.3. The maximum atomic E-state index is 10.1. The SMILES string of the molecule is CC(C)(C)C1C=CC(C(C)(C)C)C1.CC(C)(C)C1CC(C(C)(C)C)C(O)C1O.CC1(C)OC2C(O1)C(C(C)(C)C)CC2C(C)(C)C. The maximum absolute atomic E-state index is 10.1. The molecular formula is C42H80O4. The largest absolute Gasteiger partial charge is 0.390 e. The number of allylic oxidation sites excluding steroid dienone is 2. The molecule has 0 aromatic heterocycles. The molecule has 2 saturated carbocycles. The molecule has 1 heterocycles. The number of aliphatic hydroxyl groups is 2. The second-order valence-electron chi connectivity index (χ2n) is 22.5. The van der Waals surface area contributed by atoms with Crippen molar-refractivity contribution in [3.05, 3.63) is 12.2 Å². The molecule has 3 aliphatic carbocycles. The smallest absolute Gasteiger partial charge is 0.163 e. The summed E-state index contributed by atoms with van der Waals surface area (Å²) in [6.07, 6.45) is 7.75. The van der Waals surface area contributed by atoms with Crippen molar-refractivity contribution in [1.82, 2.24) is 0 Å². The Bertz CT molecular complexity index is 921. The Morgan fingerprint density at radius 2 is 0.696 bits per heavy atom. The minimum atomic E-state index is -0.561. The van der Waals surface area contributed by atoms with Crippen LogP contribution in [0.1, 0.15) is 158 Å².